The maximum Gasteiger partial charge on any atom is 0.358 e. The minimum absolute atomic E-state index is 0.0503. The molecule has 5 nitrogen and oxygen atoms in total. The number of carboxylic acid groups (broad SMARTS) is 1. The lowest BCUT2D eigenvalue weighted by molar-refractivity contribution is 0.0685. The molecule has 0 aromatic carbocycles. The van der Waals surface area contributed by atoms with Crippen LogP contribution in [0.25, 0.3) is 0 Å². The van der Waals surface area contributed by atoms with Crippen molar-refractivity contribution in [1.82, 2.24) is 5.16 Å². The lowest BCUT2D eigenvalue weighted by Gasteiger charge is -1.95. The highest BCUT2D eigenvalue weighted by Gasteiger charge is 2.10. The van der Waals surface area contributed by atoms with E-state index in [2.05, 4.69) is 9.89 Å². The molecule has 0 radical (unpaired) electrons. The summed E-state index contributed by atoms with van der Waals surface area (Å²) in [5, 5.41) is 12.1. The molecule has 1 aromatic heterocycles. The number of ether oxygens (including phenoxy) is 1. The Hall–Kier alpha value is -1.53. The standard InChI is InChI=1S/C11H13NO3S.C2H6O/c1-3-4-5-8(2)16-7-9-6-10(11(13)14)12-15-9;1-3-2/h3-6H,7H2,1-2H3,(H,13,14);1-2H3/b4-3-,8-5+;. The zero-order valence-corrected chi connectivity index (χ0v) is 12.4. The van der Waals surface area contributed by atoms with Crippen LogP contribution in [0.3, 0.4) is 0 Å². The first-order chi connectivity index (χ1) is 9.04. The molecule has 106 valence electrons. The van der Waals surface area contributed by atoms with Gasteiger partial charge < -0.3 is 14.4 Å². The number of carbonyl (C=O) groups is 1. The largest absolute Gasteiger partial charge is 0.476 e. The number of hydrogen-bond donors (Lipinski definition) is 1. The van der Waals surface area contributed by atoms with Gasteiger partial charge in [-0.3, -0.25) is 0 Å². The highest BCUT2D eigenvalue weighted by Crippen LogP contribution is 2.21. The van der Waals surface area contributed by atoms with Crippen molar-refractivity contribution in [2.75, 3.05) is 14.2 Å². The average molecular weight is 285 g/mol. The van der Waals surface area contributed by atoms with Crippen LogP contribution in [-0.4, -0.2) is 30.5 Å². The quantitative estimate of drug-likeness (QED) is 0.836. The van der Waals surface area contributed by atoms with Gasteiger partial charge in [0.05, 0.1) is 5.75 Å². The minimum Gasteiger partial charge on any atom is -0.476 e. The number of methoxy groups -OCH3 is 1. The molecule has 1 aromatic rings. The van der Waals surface area contributed by atoms with Crippen molar-refractivity contribution < 1.29 is 19.2 Å². The molecule has 0 aliphatic rings. The van der Waals surface area contributed by atoms with Crippen molar-refractivity contribution in [2.24, 2.45) is 0 Å². The van der Waals surface area contributed by atoms with E-state index in [4.69, 9.17) is 9.63 Å². The molecule has 0 atom stereocenters. The van der Waals surface area contributed by atoms with E-state index >= 15 is 0 Å². The van der Waals surface area contributed by atoms with Gasteiger partial charge in [-0.05, 0) is 18.8 Å². The van der Waals surface area contributed by atoms with Gasteiger partial charge in [0, 0.05) is 20.3 Å². The van der Waals surface area contributed by atoms with Crippen molar-refractivity contribution in [3.63, 3.8) is 0 Å². The van der Waals surface area contributed by atoms with Crippen LogP contribution >= 0.6 is 11.8 Å². The van der Waals surface area contributed by atoms with Crippen molar-refractivity contribution in [3.05, 3.63) is 40.7 Å². The van der Waals surface area contributed by atoms with Gasteiger partial charge >= 0.3 is 5.97 Å². The zero-order chi connectivity index (χ0) is 14.7. The van der Waals surface area contributed by atoms with E-state index in [9.17, 15) is 4.79 Å². The Morgan fingerprint density at radius 2 is 2.21 bits per heavy atom. The predicted octanol–water partition coefficient (Wildman–Crippen LogP) is 3.35. The summed E-state index contributed by atoms with van der Waals surface area (Å²) in [5.41, 5.74) is -0.0503. The Morgan fingerprint density at radius 3 is 2.68 bits per heavy atom. The Morgan fingerprint density at radius 1 is 1.58 bits per heavy atom. The number of thioether (sulfide) groups is 1. The summed E-state index contributed by atoms with van der Waals surface area (Å²) in [4.78, 5) is 11.7. The molecule has 1 heterocycles. The first-order valence-electron chi connectivity index (χ1n) is 5.56. The fraction of sp³-hybridized carbons (Fsp3) is 0.385. The fourth-order valence-corrected chi connectivity index (χ4v) is 1.63. The minimum atomic E-state index is -1.07. The van der Waals surface area contributed by atoms with Crippen LogP contribution in [0, 0.1) is 0 Å². The molecule has 0 fully saturated rings. The molecule has 0 aliphatic carbocycles. The van der Waals surface area contributed by atoms with Gasteiger partial charge in [-0.15, -0.1) is 11.8 Å². The molecular weight excluding hydrogens is 266 g/mol. The molecule has 1 N–H and O–H groups in total. The van der Waals surface area contributed by atoms with E-state index in [0.717, 1.165) is 4.91 Å². The van der Waals surface area contributed by atoms with Gasteiger partial charge in [0.1, 0.15) is 5.76 Å². The van der Waals surface area contributed by atoms with E-state index in [1.165, 1.54) is 6.07 Å². The molecule has 6 heteroatoms. The van der Waals surface area contributed by atoms with Crippen LogP contribution < -0.4 is 0 Å². The molecule has 0 unspecified atom stereocenters. The molecule has 0 bridgehead atoms. The number of nitrogens with zero attached hydrogens (tertiary/aromatic N) is 1. The number of rotatable bonds is 5. The Balaban J connectivity index is 0.000000982. The highest BCUT2D eigenvalue weighted by atomic mass is 32.2. The number of aromatic carboxylic acids is 1. The van der Waals surface area contributed by atoms with Crippen LogP contribution in [-0.2, 0) is 10.5 Å². The fourth-order valence-electron chi connectivity index (χ4n) is 0.947. The third kappa shape index (κ3) is 8.23. The third-order valence-electron chi connectivity index (χ3n) is 1.74. The van der Waals surface area contributed by atoms with Crippen molar-refractivity contribution in [1.29, 1.82) is 0 Å². The van der Waals surface area contributed by atoms with Gasteiger partial charge in [0.25, 0.3) is 0 Å². The van der Waals surface area contributed by atoms with Crippen molar-refractivity contribution in [3.8, 4) is 0 Å². The van der Waals surface area contributed by atoms with E-state index in [-0.39, 0.29) is 5.69 Å². The van der Waals surface area contributed by atoms with Gasteiger partial charge in [-0.2, -0.15) is 0 Å². The van der Waals surface area contributed by atoms with Gasteiger partial charge in [0.2, 0.25) is 0 Å². The second-order valence-corrected chi connectivity index (χ2v) is 4.70. The summed E-state index contributed by atoms with van der Waals surface area (Å²) in [6.07, 6.45) is 5.88. The topological polar surface area (TPSA) is 72.6 Å². The van der Waals surface area contributed by atoms with Gasteiger partial charge in [-0.1, -0.05) is 23.4 Å². The number of carboxylic acids is 1. The van der Waals surface area contributed by atoms with Crippen LogP contribution in [0.5, 0.6) is 0 Å². The summed E-state index contributed by atoms with van der Waals surface area (Å²) in [5.74, 6) is 0.0805. The maximum atomic E-state index is 10.5. The number of aromatic nitrogens is 1. The molecule has 19 heavy (non-hydrogen) atoms. The zero-order valence-electron chi connectivity index (χ0n) is 11.5. The van der Waals surface area contributed by atoms with Crippen molar-refractivity contribution >= 4 is 17.7 Å². The monoisotopic (exact) mass is 285 g/mol. The lowest BCUT2D eigenvalue weighted by Crippen LogP contribution is -1.94. The van der Waals surface area contributed by atoms with Crippen LogP contribution in [0.15, 0.2) is 33.7 Å². The smallest absolute Gasteiger partial charge is 0.358 e. The molecule has 0 spiro atoms. The number of allylic oxidation sites excluding steroid dienone is 4. The molecule has 0 saturated heterocycles. The highest BCUT2D eigenvalue weighted by molar-refractivity contribution is 8.02. The number of hydrogen-bond acceptors (Lipinski definition) is 5. The van der Waals surface area contributed by atoms with Gasteiger partial charge in [0.15, 0.2) is 5.69 Å². The van der Waals surface area contributed by atoms with Crippen LogP contribution in [0.4, 0.5) is 0 Å². The summed E-state index contributed by atoms with van der Waals surface area (Å²) < 4.78 is 9.13. The van der Waals surface area contributed by atoms with Gasteiger partial charge in [-0.25, -0.2) is 4.79 Å². The Labute approximate surface area is 117 Å². The van der Waals surface area contributed by atoms with E-state index in [0.29, 0.717) is 11.5 Å². The lowest BCUT2D eigenvalue weighted by atomic mass is 10.4. The summed E-state index contributed by atoms with van der Waals surface area (Å²) >= 11 is 1.58. The molecule has 0 aliphatic heterocycles. The average Bonchev–Trinajstić information content (AvgIpc) is 2.83. The first-order valence-corrected chi connectivity index (χ1v) is 6.55. The molecule has 0 amide bonds. The SMILES string of the molecule is C/C=C\C=C(/C)SCc1cc(C(=O)O)no1.COC. The summed E-state index contributed by atoms with van der Waals surface area (Å²) in [7, 11) is 3.25. The molecular formula is C13H19NO4S. The molecule has 0 saturated carbocycles. The summed E-state index contributed by atoms with van der Waals surface area (Å²) in [6, 6.07) is 1.44. The second-order valence-electron chi connectivity index (χ2n) is 3.48. The normalized spacial score (nSPS) is 11.3. The van der Waals surface area contributed by atoms with Crippen LogP contribution in [0.1, 0.15) is 30.1 Å². The molecule has 1 rings (SSSR count). The first kappa shape index (κ1) is 17.5. The predicted molar refractivity (Wildman–Crippen MR) is 76.3 cm³/mol. The maximum absolute atomic E-state index is 10.5. The van der Waals surface area contributed by atoms with E-state index in [1.807, 2.05) is 32.1 Å². The van der Waals surface area contributed by atoms with E-state index in [1.54, 1.807) is 26.0 Å². The summed E-state index contributed by atoms with van der Waals surface area (Å²) in [6.45, 7) is 3.93. The van der Waals surface area contributed by atoms with Crippen molar-refractivity contribution in [2.45, 2.75) is 19.6 Å². The van der Waals surface area contributed by atoms with E-state index < -0.39 is 5.97 Å². The second kappa shape index (κ2) is 10.4. The third-order valence-corrected chi connectivity index (χ3v) is 2.76. The Bertz CT molecular complexity index is 438. The Kier molecular flexibility index (Phi) is 9.56. The van der Waals surface area contributed by atoms with Crippen LogP contribution in [0.2, 0.25) is 0 Å².